The molecule has 24 heavy (non-hydrogen) atoms. The molecule has 124 valence electrons. The van der Waals surface area contributed by atoms with Crippen molar-refractivity contribution in [2.45, 2.75) is 6.92 Å². The van der Waals surface area contributed by atoms with Crippen molar-refractivity contribution in [3.8, 4) is 0 Å². The summed E-state index contributed by atoms with van der Waals surface area (Å²) in [5.74, 6) is -0.0791. The van der Waals surface area contributed by atoms with Crippen molar-refractivity contribution in [2.75, 3.05) is 11.5 Å². The van der Waals surface area contributed by atoms with Crippen LogP contribution in [0.25, 0.3) is 5.65 Å². The average molecular weight is 434 g/mol. The molecule has 0 aliphatic carbocycles. The maximum absolute atomic E-state index is 12.7. The third-order valence-electron chi connectivity index (χ3n) is 3.75. The molecule has 6 heteroatoms. The van der Waals surface area contributed by atoms with Crippen molar-refractivity contribution in [2.24, 2.45) is 0 Å². The van der Waals surface area contributed by atoms with Crippen molar-refractivity contribution >= 4 is 17.3 Å². The molecule has 1 amide bonds. The van der Waals surface area contributed by atoms with Crippen LogP contribution in [-0.4, -0.2) is 35.7 Å². The summed E-state index contributed by atoms with van der Waals surface area (Å²) in [5.41, 5.74) is 2.41. The first-order valence-electron chi connectivity index (χ1n) is 7.54. The van der Waals surface area contributed by atoms with E-state index in [2.05, 4.69) is 9.91 Å². The van der Waals surface area contributed by atoms with E-state index in [1.54, 1.807) is 34.9 Å². The quantitative estimate of drug-likeness (QED) is 0.239. The van der Waals surface area contributed by atoms with E-state index in [1.165, 1.54) is 0 Å². The van der Waals surface area contributed by atoms with E-state index in [4.69, 9.17) is 0 Å². The van der Waals surface area contributed by atoms with Gasteiger partial charge in [-0.1, -0.05) is 0 Å². The zero-order valence-corrected chi connectivity index (χ0v) is 15.6. The first-order chi connectivity index (χ1) is 11.7. The van der Waals surface area contributed by atoms with Crippen LogP contribution in [0.15, 0.2) is 54.9 Å². The van der Waals surface area contributed by atoms with Gasteiger partial charge in [-0.05, 0) is 0 Å². The Hall–Kier alpha value is -2.22. The predicted octanol–water partition coefficient (Wildman–Crippen LogP) is -0.339. The summed E-state index contributed by atoms with van der Waals surface area (Å²) >= 11 is -0.291. The van der Waals surface area contributed by atoms with Crippen LogP contribution < -0.4 is 21.5 Å². The van der Waals surface area contributed by atoms with E-state index in [0.717, 1.165) is 5.65 Å². The Morgan fingerprint density at radius 1 is 1.12 bits per heavy atom. The number of pyridine rings is 1. The van der Waals surface area contributed by atoms with Crippen LogP contribution >= 0.6 is 0 Å². The number of aromatic nitrogens is 2. The van der Waals surface area contributed by atoms with Gasteiger partial charge in [0, 0.05) is 0 Å². The predicted molar refractivity (Wildman–Crippen MR) is 87.7 cm³/mol. The zero-order valence-electron chi connectivity index (χ0n) is 13.4. The summed E-state index contributed by atoms with van der Waals surface area (Å²) in [5, 5.41) is 0. The van der Waals surface area contributed by atoms with E-state index in [9.17, 15) is 9.59 Å². The van der Waals surface area contributed by atoms with Gasteiger partial charge >= 0.3 is 151 Å². The molecule has 2 aromatic heterocycles. The average Bonchev–Trinajstić information content (AvgIpc) is 3.06. The molecule has 1 aromatic carbocycles. The molecular formula is C18H17IN3O2-. The van der Waals surface area contributed by atoms with E-state index >= 15 is 0 Å². The van der Waals surface area contributed by atoms with Gasteiger partial charge in [0.25, 0.3) is 0 Å². The molecule has 0 spiro atoms. The SMILES string of the molecule is CCN([I-]C)C(=O)c1ccc(C(=O)c2cnc3ccccn23)cc1. The maximum atomic E-state index is 12.7. The van der Waals surface area contributed by atoms with Crippen molar-refractivity contribution in [3.63, 3.8) is 0 Å². The molecule has 0 bridgehead atoms. The number of nitrogens with zero attached hydrogens (tertiary/aromatic N) is 3. The van der Waals surface area contributed by atoms with E-state index < -0.39 is 0 Å². The molecule has 0 N–H and O–H groups in total. The van der Waals surface area contributed by atoms with Gasteiger partial charge in [-0.15, -0.1) is 0 Å². The molecule has 0 saturated heterocycles. The third-order valence-corrected chi connectivity index (χ3v) is 6.03. The summed E-state index contributed by atoms with van der Waals surface area (Å²) in [6.07, 6.45) is 3.40. The molecule has 0 saturated carbocycles. The monoisotopic (exact) mass is 434 g/mol. The fraction of sp³-hybridized carbons (Fsp3) is 0.167. The number of hydrogen-bond acceptors (Lipinski definition) is 3. The number of fused-ring (bicyclic) bond motifs is 1. The Morgan fingerprint density at radius 2 is 1.83 bits per heavy atom. The number of rotatable bonds is 5. The number of alkyl halides is 1. The number of ketones is 1. The van der Waals surface area contributed by atoms with Crippen LogP contribution in [0.2, 0.25) is 0 Å². The second-order valence-electron chi connectivity index (χ2n) is 5.13. The van der Waals surface area contributed by atoms with Gasteiger partial charge in [0.15, 0.2) is 0 Å². The molecule has 0 radical (unpaired) electrons. The Bertz CT molecular complexity index is 883. The van der Waals surface area contributed by atoms with Gasteiger partial charge in [0.2, 0.25) is 0 Å². The number of amides is 1. The molecule has 5 nitrogen and oxygen atoms in total. The molecule has 0 atom stereocenters. The minimum absolute atomic E-state index is 0.0293. The molecule has 0 aliphatic rings. The van der Waals surface area contributed by atoms with Crippen LogP contribution in [0.5, 0.6) is 0 Å². The van der Waals surface area contributed by atoms with Gasteiger partial charge in [-0.3, -0.25) is 0 Å². The summed E-state index contributed by atoms with van der Waals surface area (Å²) in [4.78, 5) is 31.3. The zero-order chi connectivity index (χ0) is 17.1. The van der Waals surface area contributed by atoms with Crippen LogP contribution in [-0.2, 0) is 0 Å². The summed E-state index contributed by atoms with van der Waals surface area (Å²) in [6.45, 7) is 2.69. The number of carbonyl (C=O) groups is 2. The van der Waals surface area contributed by atoms with E-state index in [1.807, 2.05) is 34.4 Å². The summed E-state index contributed by atoms with van der Waals surface area (Å²) < 4.78 is 3.63. The van der Waals surface area contributed by atoms with Crippen LogP contribution in [0.1, 0.15) is 33.3 Å². The minimum atomic E-state index is -0.291. The molecule has 0 fully saturated rings. The molecule has 0 unspecified atom stereocenters. The molecule has 3 aromatic rings. The summed E-state index contributed by atoms with van der Waals surface area (Å²) in [7, 11) is 0. The van der Waals surface area contributed by atoms with Crippen molar-refractivity contribution in [1.82, 2.24) is 12.5 Å². The standard InChI is InChI=1S/C18H17IN3O2/c1-3-22(19-2)18(24)14-9-7-13(8-10-14)17(23)15-12-20-16-6-4-5-11-21(15)16/h4-12H,3H2,1-2H3/q-1. The Labute approximate surface area is 150 Å². The van der Waals surface area contributed by atoms with Crippen molar-refractivity contribution in [1.29, 1.82) is 0 Å². The molecule has 2 heterocycles. The van der Waals surface area contributed by atoms with E-state index in [0.29, 0.717) is 23.4 Å². The molecule has 0 aliphatic heterocycles. The number of imidazole rings is 1. The van der Waals surface area contributed by atoms with Gasteiger partial charge in [0.1, 0.15) is 0 Å². The first kappa shape index (κ1) is 16.6. The van der Waals surface area contributed by atoms with Crippen LogP contribution in [0, 0.1) is 0 Å². The van der Waals surface area contributed by atoms with Crippen LogP contribution in [0.4, 0.5) is 0 Å². The van der Waals surface area contributed by atoms with Gasteiger partial charge in [-0.25, -0.2) is 0 Å². The normalized spacial score (nSPS) is 10.9. The first-order valence-corrected chi connectivity index (χ1v) is 10.7. The van der Waals surface area contributed by atoms with Crippen molar-refractivity contribution < 1.29 is 31.1 Å². The van der Waals surface area contributed by atoms with Gasteiger partial charge < -0.3 is 0 Å². The van der Waals surface area contributed by atoms with Crippen molar-refractivity contribution in [3.05, 3.63) is 71.7 Å². The Balaban J connectivity index is 1.88. The second kappa shape index (κ2) is 7.12. The van der Waals surface area contributed by atoms with E-state index in [-0.39, 0.29) is 33.2 Å². The summed E-state index contributed by atoms with van der Waals surface area (Å²) in [6, 6.07) is 12.5. The molecule has 3 rings (SSSR count). The number of hydrogen-bond donors (Lipinski definition) is 0. The Morgan fingerprint density at radius 3 is 2.50 bits per heavy atom. The van der Waals surface area contributed by atoms with Gasteiger partial charge in [-0.2, -0.15) is 0 Å². The third kappa shape index (κ3) is 3.06. The second-order valence-corrected chi connectivity index (χ2v) is 7.26. The number of carbonyl (C=O) groups excluding carboxylic acids is 2. The van der Waals surface area contributed by atoms with Crippen LogP contribution in [0.3, 0.4) is 0 Å². The topological polar surface area (TPSA) is 54.7 Å². The van der Waals surface area contributed by atoms with Gasteiger partial charge in [0.05, 0.1) is 0 Å². The number of halogens is 1. The fourth-order valence-electron chi connectivity index (χ4n) is 2.49. The Kier molecular flexibility index (Phi) is 4.94. The fourth-order valence-corrected chi connectivity index (χ4v) is 3.89. The number of benzene rings is 1. The molecular weight excluding hydrogens is 417 g/mol.